The summed E-state index contributed by atoms with van der Waals surface area (Å²) < 4.78 is 5.50. The van der Waals surface area contributed by atoms with Crippen molar-refractivity contribution in [3.8, 4) is 22.8 Å². The van der Waals surface area contributed by atoms with Crippen LogP contribution in [-0.2, 0) is 11.3 Å². The standard InChI is InChI=1S/C29H31N5O4/c1-18(35)30-25-15-19(10-12-26(25)36)28-23-14-20(9-11-24(23)32-33-28)29(37)31-22-7-5-13-34(17-22)16-21-6-3-4-8-27(21)38-2/h3-4,6,8-12,14-15,22,36H,5,7,13,16-17H2,1-2H3,(H,30,35)(H,31,37)(H,32,33). The van der Waals surface area contributed by atoms with E-state index in [4.69, 9.17) is 4.74 Å². The number of fused-ring (bicyclic) bond motifs is 1. The fraction of sp³-hybridized carbons (Fsp3) is 0.276. The van der Waals surface area contributed by atoms with Crippen molar-refractivity contribution in [1.82, 2.24) is 20.4 Å². The lowest BCUT2D eigenvalue weighted by molar-refractivity contribution is -0.114. The van der Waals surface area contributed by atoms with Crippen molar-refractivity contribution in [1.29, 1.82) is 0 Å². The minimum absolute atomic E-state index is 0.0314. The van der Waals surface area contributed by atoms with Crippen molar-refractivity contribution < 1.29 is 19.4 Å². The minimum atomic E-state index is -0.285. The number of carbonyl (C=O) groups excluding carboxylic acids is 2. The Morgan fingerprint density at radius 3 is 2.82 bits per heavy atom. The Labute approximate surface area is 220 Å². The lowest BCUT2D eigenvalue weighted by Crippen LogP contribution is -2.47. The zero-order chi connectivity index (χ0) is 26.6. The number of ether oxygens (including phenoxy) is 1. The molecule has 196 valence electrons. The maximum atomic E-state index is 13.3. The highest BCUT2D eigenvalue weighted by Gasteiger charge is 2.23. The van der Waals surface area contributed by atoms with Crippen molar-refractivity contribution in [2.45, 2.75) is 32.4 Å². The van der Waals surface area contributed by atoms with E-state index in [1.165, 1.54) is 13.0 Å². The van der Waals surface area contributed by atoms with Crippen molar-refractivity contribution in [2.75, 3.05) is 25.5 Å². The highest BCUT2D eigenvalue weighted by molar-refractivity contribution is 6.02. The third kappa shape index (κ3) is 5.47. The highest BCUT2D eigenvalue weighted by atomic mass is 16.5. The van der Waals surface area contributed by atoms with Crippen molar-refractivity contribution in [3.05, 3.63) is 71.8 Å². The van der Waals surface area contributed by atoms with Crippen LogP contribution in [0, 0.1) is 0 Å². The summed E-state index contributed by atoms with van der Waals surface area (Å²) in [5.41, 5.74) is 4.09. The predicted molar refractivity (Wildman–Crippen MR) is 146 cm³/mol. The minimum Gasteiger partial charge on any atom is -0.506 e. The van der Waals surface area contributed by atoms with Gasteiger partial charge >= 0.3 is 0 Å². The van der Waals surface area contributed by atoms with Crippen LogP contribution in [0.1, 0.15) is 35.7 Å². The van der Waals surface area contributed by atoms with Crippen molar-refractivity contribution >= 4 is 28.4 Å². The van der Waals surface area contributed by atoms with Gasteiger partial charge in [0.15, 0.2) is 0 Å². The topological polar surface area (TPSA) is 120 Å². The molecule has 4 N–H and O–H groups in total. The number of piperidine rings is 1. The average Bonchev–Trinajstić information content (AvgIpc) is 3.33. The molecule has 1 fully saturated rings. The van der Waals surface area contributed by atoms with Gasteiger partial charge in [-0.1, -0.05) is 18.2 Å². The molecule has 2 heterocycles. The first-order valence-corrected chi connectivity index (χ1v) is 12.7. The molecule has 4 aromatic rings. The molecule has 1 saturated heterocycles. The smallest absolute Gasteiger partial charge is 0.251 e. The van der Waals surface area contributed by atoms with E-state index in [1.807, 2.05) is 30.3 Å². The number of anilines is 1. The largest absolute Gasteiger partial charge is 0.506 e. The summed E-state index contributed by atoms with van der Waals surface area (Å²) in [4.78, 5) is 27.1. The number of nitrogens with one attached hydrogen (secondary N) is 3. The molecule has 2 amide bonds. The lowest BCUT2D eigenvalue weighted by atomic mass is 10.0. The number of hydrogen-bond donors (Lipinski definition) is 4. The predicted octanol–water partition coefficient (Wildman–Crippen LogP) is 4.30. The monoisotopic (exact) mass is 513 g/mol. The number of hydrogen-bond acceptors (Lipinski definition) is 6. The van der Waals surface area contributed by atoms with Gasteiger partial charge in [0.05, 0.1) is 24.0 Å². The normalized spacial score (nSPS) is 15.8. The van der Waals surface area contributed by atoms with Gasteiger partial charge in [0, 0.05) is 48.1 Å². The molecule has 5 rings (SSSR count). The first-order valence-electron chi connectivity index (χ1n) is 12.7. The molecule has 0 radical (unpaired) electrons. The molecule has 0 aliphatic carbocycles. The third-order valence-electron chi connectivity index (χ3n) is 6.83. The second-order valence-corrected chi connectivity index (χ2v) is 9.61. The Morgan fingerprint density at radius 1 is 1.16 bits per heavy atom. The molecule has 3 aromatic carbocycles. The summed E-state index contributed by atoms with van der Waals surface area (Å²) in [7, 11) is 1.68. The Bertz CT molecular complexity index is 1480. The molecular formula is C29H31N5O4. The van der Waals surface area contributed by atoms with Crippen LogP contribution in [0.15, 0.2) is 60.7 Å². The maximum absolute atomic E-state index is 13.3. The molecule has 0 bridgehead atoms. The number of methoxy groups -OCH3 is 1. The van der Waals surface area contributed by atoms with E-state index in [2.05, 4.69) is 31.8 Å². The van der Waals surface area contributed by atoms with Crippen LogP contribution in [0.2, 0.25) is 0 Å². The molecule has 9 heteroatoms. The number of aromatic amines is 1. The van der Waals surface area contributed by atoms with E-state index >= 15 is 0 Å². The van der Waals surface area contributed by atoms with Gasteiger partial charge in [-0.3, -0.25) is 19.6 Å². The van der Waals surface area contributed by atoms with Gasteiger partial charge in [-0.25, -0.2) is 0 Å². The molecule has 1 aliphatic heterocycles. The number of carbonyl (C=O) groups is 2. The quantitative estimate of drug-likeness (QED) is 0.274. The maximum Gasteiger partial charge on any atom is 0.251 e. The molecule has 38 heavy (non-hydrogen) atoms. The van der Waals surface area contributed by atoms with Gasteiger partial charge in [0.2, 0.25) is 5.91 Å². The number of para-hydroxylation sites is 1. The molecule has 1 aliphatic rings. The summed E-state index contributed by atoms with van der Waals surface area (Å²) >= 11 is 0. The van der Waals surface area contributed by atoms with Crippen LogP contribution >= 0.6 is 0 Å². The van der Waals surface area contributed by atoms with E-state index in [1.54, 1.807) is 25.3 Å². The second kappa shape index (κ2) is 10.9. The first-order chi connectivity index (χ1) is 18.4. The number of H-pyrrole nitrogens is 1. The van der Waals surface area contributed by atoms with Crippen LogP contribution in [0.3, 0.4) is 0 Å². The molecule has 1 unspecified atom stereocenters. The van der Waals surface area contributed by atoms with Gasteiger partial charge < -0.3 is 20.5 Å². The van der Waals surface area contributed by atoms with E-state index in [-0.39, 0.29) is 23.6 Å². The van der Waals surface area contributed by atoms with E-state index in [0.29, 0.717) is 22.5 Å². The summed E-state index contributed by atoms with van der Waals surface area (Å²) in [6.45, 7) is 3.89. The number of benzene rings is 3. The Balaban J connectivity index is 1.32. The summed E-state index contributed by atoms with van der Waals surface area (Å²) in [5, 5.41) is 24.1. The lowest BCUT2D eigenvalue weighted by Gasteiger charge is -2.33. The number of phenols is 1. The van der Waals surface area contributed by atoms with Crippen LogP contribution in [-0.4, -0.2) is 58.3 Å². The summed E-state index contributed by atoms with van der Waals surface area (Å²) in [6.07, 6.45) is 1.93. The SMILES string of the molecule is COc1ccccc1CN1CCCC(NC(=O)c2ccc3[nH]nc(-c4ccc(O)c(NC(C)=O)c4)c3c2)C1. The number of aromatic hydroxyl groups is 1. The van der Waals surface area contributed by atoms with Crippen molar-refractivity contribution in [3.63, 3.8) is 0 Å². The number of likely N-dealkylation sites (tertiary alicyclic amines) is 1. The summed E-state index contributed by atoms with van der Waals surface area (Å²) in [5.74, 6) is 0.428. The van der Waals surface area contributed by atoms with Gasteiger partial charge in [-0.05, 0) is 61.9 Å². The van der Waals surface area contributed by atoms with Crippen LogP contribution < -0.4 is 15.4 Å². The fourth-order valence-corrected chi connectivity index (χ4v) is 5.01. The van der Waals surface area contributed by atoms with Crippen molar-refractivity contribution in [2.24, 2.45) is 0 Å². The third-order valence-corrected chi connectivity index (χ3v) is 6.83. The zero-order valence-corrected chi connectivity index (χ0v) is 21.5. The van der Waals surface area contributed by atoms with E-state index in [9.17, 15) is 14.7 Å². The zero-order valence-electron chi connectivity index (χ0n) is 21.5. The Morgan fingerprint density at radius 2 is 2.00 bits per heavy atom. The molecular weight excluding hydrogens is 482 g/mol. The number of amides is 2. The number of aromatic nitrogens is 2. The molecule has 1 atom stereocenters. The molecule has 1 aromatic heterocycles. The number of phenolic OH excluding ortho intramolecular Hbond substituents is 1. The van der Waals surface area contributed by atoms with Crippen LogP contribution in [0.4, 0.5) is 5.69 Å². The molecule has 0 spiro atoms. The summed E-state index contributed by atoms with van der Waals surface area (Å²) in [6, 6.07) is 18.4. The highest BCUT2D eigenvalue weighted by Crippen LogP contribution is 2.33. The van der Waals surface area contributed by atoms with Gasteiger partial charge in [-0.15, -0.1) is 0 Å². The molecule has 9 nitrogen and oxygen atoms in total. The van der Waals surface area contributed by atoms with Gasteiger partial charge in [0.1, 0.15) is 11.5 Å². The van der Waals surface area contributed by atoms with Crippen LogP contribution in [0.5, 0.6) is 11.5 Å². The van der Waals surface area contributed by atoms with Crippen LogP contribution in [0.25, 0.3) is 22.2 Å². The molecule has 0 saturated carbocycles. The second-order valence-electron chi connectivity index (χ2n) is 9.61. The number of nitrogens with zero attached hydrogens (tertiary/aromatic N) is 2. The fourth-order valence-electron chi connectivity index (χ4n) is 5.01. The Kier molecular flexibility index (Phi) is 7.28. The van der Waals surface area contributed by atoms with Gasteiger partial charge in [0.25, 0.3) is 5.91 Å². The van der Waals surface area contributed by atoms with E-state index in [0.717, 1.165) is 54.7 Å². The first kappa shape index (κ1) is 25.3. The van der Waals surface area contributed by atoms with E-state index < -0.39 is 0 Å². The average molecular weight is 514 g/mol. The van der Waals surface area contributed by atoms with Gasteiger partial charge in [-0.2, -0.15) is 5.10 Å². The Hall–Kier alpha value is -4.37. The number of rotatable bonds is 7.